The Morgan fingerprint density at radius 2 is 2.23 bits per heavy atom. The summed E-state index contributed by atoms with van der Waals surface area (Å²) in [5.41, 5.74) is 1.93. The van der Waals surface area contributed by atoms with E-state index >= 15 is 0 Å². The molecule has 2 aromatic rings. The Bertz CT molecular complexity index is 444. The predicted octanol–water partition coefficient (Wildman–Crippen LogP) is 1.32. The van der Waals surface area contributed by atoms with Crippen LogP contribution in [0.4, 0.5) is 5.82 Å². The number of nitrogens with zero attached hydrogens (tertiary/aromatic N) is 3. The Labute approximate surface area is 76.6 Å². The first-order valence-electron chi connectivity index (χ1n) is 4.19. The van der Waals surface area contributed by atoms with Gasteiger partial charge in [0.25, 0.3) is 0 Å². The van der Waals surface area contributed by atoms with Crippen LogP contribution < -0.4 is 5.32 Å². The van der Waals surface area contributed by atoms with E-state index in [4.69, 9.17) is 0 Å². The van der Waals surface area contributed by atoms with Gasteiger partial charge in [-0.2, -0.15) is 5.10 Å². The van der Waals surface area contributed by atoms with Gasteiger partial charge in [0.15, 0.2) is 0 Å². The quantitative estimate of drug-likeness (QED) is 0.712. The van der Waals surface area contributed by atoms with E-state index in [1.54, 1.807) is 4.68 Å². The van der Waals surface area contributed by atoms with Crippen LogP contribution in [0.1, 0.15) is 5.69 Å². The first kappa shape index (κ1) is 8.04. The van der Waals surface area contributed by atoms with Crippen molar-refractivity contribution in [1.29, 1.82) is 0 Å². The maximum atomic E-state index is 4.35. The zero-order valence-electron chi connectivity index (χ0n) is 8.00. The summed E-state index contributed by atoms with van der Waals surface area (Å²) < 4.78 is 1.80. The normalized spacial score (nSPS) is 10.7. The zero-order valence-corrected chi connectivity index (χ0v) is 8.00. The number of aryl methyl sites for hydroxylation is 2. The van der Waals surface area contributed by atoms with Gasteiger partial charge < -0.3 is 5.32 Å². The van der Waals surface area contributed by atoms with Gasteiger partial charge in [-0.15, -0.1) is 0 Å². The molecule has 0 saturated heterocycles. The molecule has 0 aromatic carbocycles. The number of rotatable bonds is 1. The fourth-order valence-electron chi connectivity index (χ4n) is 1.43. The molecule has 4 nitrogen and oxygen atoms in total. The lowest BCUT2D eigenvalue weighted by Gasteiger charge is -1.99. The van der Waals surface area contributed by atoms with Crippen molar-refractivity contribution in [1.82, 2.24) is 14.8 Å². The van der Waals surface area contributed by atoms with Gasteiger partial charge in [0.05, 0.1) is 5.69 Å². The maximum absolute atomic E-state index is 4.35. The highest BCUT2D eigenvalue weighted by Gasteiger charge is 2.04. The lowest BCUT2D eigenvalue weighted by Crippen LogP contribution is -1.94. The van der Waals surface area contributed by atoms with E-state index in [0.717, 1.165) is 22.4 Å². The van der Waals surface area contributed by atoms with Crippen molar-refractivity contribution in [2.45, 2.75) is 6.92 Å². The number of aromatic nitrogens is 3. The van der Waals surface area contributed by atoms with Crippen molar-refractivity contribution >= 4 is 16.7 Å². The van der Waals surface area contributed by atoms with E-state index in [1.807, 2.05) is 33.3 Å². The Balaban J connectivity index is 2.75. The lowest BCUT2D eigenvalue weighted by molar-refractivity contribution is 0.778. The molecular weight excluding hydrogens is 164 g/mol. The molecule has 0 fully saturated rings. The molecule has 0 bridgehead atoms. The molecule has 0 aliphatic rings. The monoisotopic (exact) mass is 176 g/mol. The van der Waals surface area contributed by atoms with Crippen LogP contribution in [0.15, 0.2) is 12.3 Å². The minimum absolute atomic E-state index is 0.887. The van der Waals surface area contributed by atoms with Crippen LogP contribution in [0.3, 0.4) is 0 Å². The Kier molecular flexibility index (Phi) is 1.69. The number of hydrogen-bond donors (Lipinski definition) is 1. The molecular formula is C9H12N4. The second-order valence-electron chi connectivity index (χ2n) is 3.08. The first-order chi connectivity index (χ1) is 6.20. The van der Waals surface area contributed by atoms with Crippen molar-refractivity contribution in [2.24, 2.45) is 7.05 Å². The van der Waals surface area contributed by atoms with E-state index in [2.05, 4.69) is 15.4 Å². The van der Waals surface area contributed by atoms with Crippen LogP contribution in [0, 0.1) is 6.92 Å². The van der Waals surface area contributed by atoms with Gasteiger partial charge in [-0.25, -0.2) is 4.98 Å². The minimum Gasteiger partial charge on any atom is -0.373 e. The summed E-state index contributed by atoms with van der Waals surface area (Å²) in [6.07, 6.45) is 1.99. The molecule has 0 aliphatic carbocycles. The molecule has 0 aliphatic heterocycles. The predicted molar refractivity (Wildman–Crippen MR) is 52.8 cm³/mol. The van der Waals surface area contributed by atoms with Gasteiger partial charge >= 0.3 is 0 Å². The molecule has 1 N–H and O–H groups in total. The molecule has 2 heterocycles. The summed E-state index contributed by atoms with van der Waals surface area (Å²) in [5, 5.41) is 8.46. The average molecular weight is 176 g/mol. The van der Waals surface area contributed by atoms with Crippen molar-refractivity contribution in [3.63, 3.8) is 0 Å². The highest BCUT2D eigenvalue weighted by molar-refractivity contribution is 5.82. The van der Waals surface area contributed by atoms with Crippen molar-refractivity contribution in [2.75, 3.05) is 12.4 Å². The summed E-state index contributed by atoms with van der Waals surface area (Å²) in [4.78, 5) is 4.35. The zero-order chi connectivity index (χ0) is 9.42. The van der Waals surface area contributed by atoms with Gasteiger partial charge in [0.2, 0.25) is 0 Å². The lowest BCUT2D eigenvalue weighted by atomic mass is 10.2. The second-order valence-corrected chi connectivity index (χ2v) is 3.08. The Hall–Kier alpha value is -1.58. The molecule has 68 valence electrons. The molecule has 0 unspecified atom stereocenters. The number of nitrogens with one attached hydrogen (secondary N) is 1. The van der Waals surface area contributed by atoms with Crippen molar-refractivity contribution in [3.8, 4) is 0 Å². The van der Waals surface area contributed by atoms with Gasteiger partial charge in [-0.1, -0.05) is 0 Å². The summed E-state index contributed by atoms with van der Waals surface area (Å²) in [6.45, 7) is 1.97. The van der Waals surface area contributed by atoms with Crippen LogP contribution in [0.5, 0.6) is 0 Å². The second kappa shape index (κ2) is 2.73. The van der Waals surface area contributed by atoms with Crippen LogP contribution in [0.2, 0.25) is 0 Å². The average Bonchev–Trinajstić information content (AvgIpc) is 2.46. The first-order valence-corrected chi connectivity index (χ1v) is 4.19. The van der Waals surface area contributed by atoms with E-state index < -0.39 is 0 Å². The molecule has 13 heavy (non-hydrogen) atoms. The molecule has 4 heteroatoms. The van der Waals surface area contributed by atoms with Gasteiger partial charge in [-0.3, -0.25) is 4.68 Å². The van der Waals surface area contributed by atoms with Crippen LogP contribution >= 0.6 is 0 Å². The smallest absolute Gasteiger partial charge is 0.126 e. The van der Waals surface area contributed by atoms with Crippen molar-refractivity contribution < 1.29 is 0 Å². The Morgan fingerprint density at radius 1 is 1.46 bits per heavy atom. The minimum atomic E-state index is 0.887. The fourth-order valence-corrected chi connectivity index (χ4v) is 1.43. The molecule has 0 spiro atoms. The molecule has 2 aromatic heterocycles. The molecule has 0 saturated carbocycles. The molecule has 0 atom stereocenters. The number of hydrogen-bond acceptors (Lipinski definition) is 3. The Morgan fingerprint density at radius 3 is 2.92 bits per heavy atom. The largest absolute Gasteiger partial charge is 0.373 e. The highest BCUT2D eigenvalue weighted by atomic mass is 15.2. The molecule has 0 radical (unpaired) electrons. The van der Waals surface area contributed by atoms with E-state index in [0.29, 0.717) is 0 Å². The summed E-state index contributed by atoms with van der Waals surface area (Å²) in [6, 6.07) is 2.00. The maximum Gasteiger partial charge on any atom is 0.126 e. The standard InChI is InChI=1S/C9H12N4/c1-6-9-7(5-13(3)12-9)4-8(10-2)11-6/h4-5,10H,1-3H3. The fraction of sp³-hybridized carbons (Fsp3) is 0.333. The van der Waals surface area contributed by atoms with Gasteiger partial charge in [-0.05, 0) is 13.0 Å². The molecule has 0 amide bonds. The summed E-state index contributed by atoms with van der Waals surface area (Å²) in [7, 11) is 3.78. The number of pyridine rings is 1. The van der Waals surface area contributed by atoms with E-state index in [9.17, 15) is 0 Å². The number of anilines is 1. The van der Waals surface area contributed by atoms with Crippen LogP contribution in [-0.4, -0.2) is 21.8 Å². The summed E-state index contributed by atoms with van der Waals surface area (Å²) >= 11 is 0. The molecule has 2 rings (SSSR count). The van der Waals surface area contributed by atoms with Gasteiger partial charge in [0.1, 0.15) is 11.3 Å². The van der Waals surface area contributed by atoms with E-state index in [1.165, 1.54) is 0 Å². The van der Waals surface area contributed by atoms with E-state index in [-0.39, 0.29) is 0 Å². The third-order valence-electron chi connectivity index (χ3n) is 2.04. The SMILES string of the molecule is CNc1cc2cn(C)nc2c(C)n1. The van der Waals surface area contributed by atoms with Crippen LogP contribution in [0.25, 0.3) is 10.9 Å². The van der Waals surface area contributed by atoms with Crippen molar-refractivity contribution in [3.05, 3.63) is 18.0 Å². The number of fused-ring (bicyclic) bond motifs is 1. The highest BCUT2D eigenvalue weighted by Crippen LogP contribution is 2.17. The third-order valence-corrected chi connectivity index (χ3v) is 2.04. The topological polar surface area (TPSA) is 42.7 Å². The third kappa shape index (κ3) is 1.24. The van der Waals surface area contributed by atoms with Crippen LogP contribution in [-0.2, 0) is 7.05 Å². The summed E-state index contributed by atoms with van der Waals surface area (Å²) in [5.74, 6) is 0.887. The van der Waals surface area contributed by atoms with Gasteiger partial charge in [0, 0.05) is 25.7 Å².